The van der Waals surface area contributed by atoms with E-state index >= 15 is 0 Å². The lowest BCUT2D eigenvalue weighted by Crippen LogP contribution is -2.17. The highest BCUT2D eigenvalue weighted by molar-refractivity contribution is 5.92. The van der Waals surface area contributed by atoms with Gasteiger partial charge in [0.2, 0.25) is 5.91 Å². The minimum atomic E-state index is -0.0352. The van der Waals surface area contributed by atoms with Crippen LogP contribution in [0.4, 0.5) is 11.4 Å². The lowest BCUT2D eigenvalue weighted by molar-refractivity contribution is -0.118. The summed E-state index contributed by atoms with van der Waals surface area (Å²) >= 11 is 0. The van der Waals surface area contributed by atoms with E-state index in [1.807, 2.05) is 70.2 Å². The molecule has 0 aliphatic heterocycles. The van der Waals surface area contributed by atoms with E-state index in [0.717, 1.165) is 28.4 Å². The molecule has 0 radical (unpaired) electrons. The first-order valence-corrected chi connectivity index (χ1v) is 9.06. The Bertz CT molecular complexity index is 712. The molecule has 2 aromatic carbocycles. The summed E-state index contributed by atoms with van der Waals surface area (Å²) in [6.07, 6.45) is 0. The van der Waals surface area contributed by atoms with Gasteiger partial charge in [0.1, 0.15) is 0 Å². The predicted octanol–water partition coefficient (Wildman–Crippen LogP) is 4.69. The maximum Gasteiger partial charge on any atom is 0.226 e. The minimum absolute atomic E-state index is 0.0172. The second-order valence-corrected chi connectivity index (χ2v) is 6.22. The molecule has 0 unspecified atom stereocenters. The third-order valence-electron chi connectivity index (χ3n) is 3.78. The Labute approximate surface area is 155 Å². The predicted molar refractivity (Wildman–Crippen MR) is 106 cm³/mol. The van der Waals surface area contributed by atoms with Crippen LogP contribution in [-0.4, -0.2) is 19.1 Å². The first-order valence-electron chi connectivity index (χ1n) is 9.06. The van der Waals surface area contributed by atoms with Gasteiger partial charge in [-0.25, -0.2) is 0 Å². The van der Waals surface area contributed by atoms with Crippen LogP contribution in [0.2, 0.25) is 0 Å². The molecule has 5 nitrogen and oxygen atoms in total. The van der Waals surface area contributed by atoms with Gasteiger partial charge >= 0.3 is 0 Å². The topological polar surface area (TPSA) is 59.6 Å². The Hall–Kier alpha value is -2.69. The number of anilines is 2. The van der Waals surface area contributed by atoms with Crippen molar-refractivity contribution >= 4 is 17.3 Å². The van der Waals surface area contributed by atoms with E-state index in [-0.39, 0.29) is 11.8 Å². The molecule has 0 saturated heterocycles. The first-order chi connectivity index (χ1) is 12.5. The fourth-order valence-corrected chi connectivity index (χ4v) is 2.37. The summed E-state index contributed by atoms with van der Waals surface area (Å²) in [6, 6.07) is 13.7. The van der Waals surface area contributed by atoms with Gasteiger partial charge in [-0.2, -0.15) is 0 Å². The fraction of sp³-hybridized carbons (Fsp3) is 0.381. The van der Waals surface area contributed by atoms with Crippen molar-refractivity contribution in [1.29, 1.82) is 0 Å². The van der Waals surface area contributed by atoms with E-state index in [2.05, 4.69) is 10.6 Å². The van der Waals surface area contributed by atoms with Gasteiger partial charge in [-0.1, -0.05) is 19.9 Å². The van der Waals surface area contributed by atoms with Crippen LogP contribution in [0, 0.1) is 5.92 Å². The highest BCUT2D eigenvalue weighted by atomic mass is 16.5. The van der Waals surface area contributed by atoms with E-state index in [1.54, 1.807) is 0 Å². The first kappa shape index (κ1) is 19.6. The number of amides is 1. The number of hydrogen-bond acceptors (Lipinski definition) is 4. The molecule has 0 aliphatic carbocycles. The van der Waals surface area contributed by atoms with Gasteiger partial charge in [0.25, 0.3) is 0 Å². The van der Waals surface area contributed by atoms with Gasteiger partial charge in [-0.15, -0.1) is 0 Å². The Morgan fingerprint density at radius 1 is 0.923 bits per heavy atom. The van der Waals surface area contributed by atoms with Crippen LogP contribution >= 0.6 is 0 Å². The maximum absolute atomic E-state index is 11.7. The van der Waals surface area contributed by atoms with Gasteiger partial charge in [0.15, 0.2) is 11.5 Å². The maximum atomic E-state index is 11.7. The molecule has 26 heavy (non-hydrogen) atoms. The van der Waals surface area contributed by atoms with E-state index in [9.17, 15) is 4.79 Å². The van der Waals surface area contributed by atoms with Crippen molar-refractivity contribution in [3.63, 3.8) is 0 Å². The summed E-state index contributed by atoms with van der Waals surface area (Å²) in [4.78, 5) is 11.7. The smallest absolute Gasteiger partial charge is 0.226 e. The van der Waals surface area contributed by atoms with Crippen LogP contribution < -0.4 is 20.1 Å². The van der Waals surface area contributed by atoms with Crippen LogP contribution in [0.3, 0.4) is 0 Å². The average molecular weight is 356 g/mol. The molecule has 2 N–H and O–H groups in total. The molecule has 0 bridgehead atoms. The number of ether oxygens (including phenoxy) is 2. The van der Waals surface area contributed by atoms with Crippen molar-refractivity contribution in [2.75, 3.05) is 23.8 Å². The molecular weight excluding hydrogens is 328 g/mol. The molecule has 2 rings (SSSR count). The number of carbonyl (C=O) groups excluding carboxylic acids is 1. The molecule has 5 heteroatoms. The normalized spacial score (nSPS) is 10.5. The molecule has 0 aliphatic rings. The summed E-state index contributed by atoms with van der Waals surface area (Å²) in [7, 11) is 0. The molecule has 0 aromatic heterocycles. The van der Waals surface area contributed by atoms with Crippen molar-refractivity contribution < 1.29 is 14.3 Å². The van der Waals surface area contributed by atoms with Crippen molar-refractivity contribution in [1.82, 2.24) is 0 Å². The fourth-order valence-electron chi connectivity index (χ4n) is 2.37. The molecule has 2 aromatic rings. The van der Waals surface area contributed by atoms with Crippen LogP contribution in [0.15, 0.2) is 42.5 Å². The Kier molecular flexibility index (Phi) is 7.33. The van der Waals surface area contributed by atoms with Crippen molar-refractivity contribution in [2.45, 2.75) is 34.2 Å². The average Bonchev–Trinajstić information content (AvgIpc) is 2.63. The summed E-state index contributed by atoms with van der Waals surface area (Å²) < 4.78 is 11.3. The van der Waals surface area contributed by atoms with Crippen molar-refractivity contribution in [3.05, 3.63) is 48.0 Å². The summed E-state index contributed by atoms with van der Waals surface area (Å²) in [6.45, 7) is 9.54. The largest absolute Gasteiger partial charge is 0.490 e. The minimum Gasteiger partial charge on any atom is -0.490 e. The Morgan fingerprint density at radius 2 is 1.54 bits per heavy atom. The van der Waals surface area contributed by atoms with Crippen molar-refractivity contribution in [2.24, 2.45) is 5.92 Å². The molecule has 0 atom stereocenters. The number of benzene rings is 2. The highest BCUT2D eigenvalue weighted by Crippen LogP contribution is 2.29. The Balaban J connectivity index is 1.97. The van der Waals surface area contributed by atoms with Gasteiger partial charge in [0, 0.05) is 23.8 Å². The summed E-state index contributed by atoms with van der Waals surface area (Å²) in [5.41, 5.74) is 2.89. The highest BCUT2D eigenvalue weighted by Gasteiger charge is 2.08. The van der Waals surface area contributed by atoms with Crippen LogP contribution in [0.1, 0.15) is 33.3 Å². The van der Waals surface area contributed by atoms with E-state index in [1.165, 1.54) is 0 Å². The van der Waals surface area contributed by atoms with Gasteiger partial charge < -0.3 is 20.1 Å². The van der Waals surface area contributed by atoms with Crippen LogP contribution in [-0.2, 0) is 11.3 Å². The van der Waals surface area contributed by atoms with Crippen LogP contribution in [0.5, 0.6) is 11.5 Å². The summed E-state index contributed by atoms with van der Waals surface area (Å²) in [5, 5.41) is 6.26. The molecule has 0 spiro atoms. The second kappa shape index (κ2) is 9.70. The van der Waals surface area contributed by atoms with Gasteiger partial charge in [-0.05, 0) is 55.8 Å². The molecular formula is C21H28N2O3. The second-order valence-electron chi connectivity index (χ2n) is 6.22. The van der Waals surface area contributed by atoms with Crippen LogP contribution in [0.25, 0.3) is 0 Å². The van der Waals surface area contributed by atoms with E-state index in [4.69, 9.17) is 9.47 Å². The summed E-state index contributed by atoms with van der Waals surface area (Å²) in [5.74, 6) is 1.51. The lowest BCUT2D eigenvalue weighted by Gasteiger charge is -2.13. The molecule has 1 amide bonds. The molecule has 0 fully saturated rings. The standard InChI is InChI=1S/C21H28N2O3/c1-5-25-19-12-7-16(13-20(19)26-6-2)14-22-17-8-10-18(11-9-17)23-21(24)15(3)4/h7-13,15,22H,5-6,14H2,1-4H3,(H,23,24). The Morgan fingerprint density at radius 3 is 2.15 bits per heavy atom. The van der Waals surface area contributed by atoms with E-state index < -0.39 is 0 Å². The zero-order chi connectivity index (χ0) is 18.9. The molecule has 0 saturated carbocycles. The van der Waals surface area contributed by atoms with Crippen molar-refractivity contribution in [3.8, 4) is 11.5 Å². The third-order valence-corrected chi connectivity index (χ3v) is 3.78. The zero-order valence-corrected chi connectivity index (χ0v) is 16.0. The number of nitrogens with one attached hydrogen (secondary N) is 2. The lowest BCUT2D eigenvalue weighted by atomic mass is 10.2. The molecule has 140 valence electrons. The SMILES string of the molecule is CCOc1ccc(CNc2ccc(NC(=O)C(C)C)cc2)cc1OCC. The third kappa shape index (κ3) is 5.69. The monoisotopic (exact) mass is 356 g/mol. The zero-order valence-electron chi connectivity index (χ0n) is 16.0. The number of carbonyl (C=O) groups is 1. The molecule has 0 heterocycles. The quantitative estimate of drug-likeness (QED) is 0.684. The number of rotatable bonds is 9. The van der Waals surface area contributed by atoms with Gasteiger partial charge in [0.05, 0.1) is 13.2 Å². The van der Waals surface area contributed by atoms with Gasteiger partial charge in [-0.3, -0.25) is 4.79 Å². The van der Waals surface area contributed by atoms with E-state index in [0.29, 0.717) is 19.8 Å². The number of hydrogen-bond donors (Lipinski definition) is 2.